The summed E-state index contributed by atoms with van der Waals surface area (Å²) in [5, 5.41) is 4.13. The molecule has 6 nitrogen and oxygen atoms in total. The van der Waals surface area contributed by atoms with Crippen LogP contribution in [0.1, 0.15) is 35.1 Å². The molecular weight excluding hydrogens is 434 g/mol. The van der Waals surface area contributed by atoms with Crippen molar-refractivity contribution >= 4 is 26.8 Å². The molecular formula is C26H31N3O3S. The molecule has 0 spiro atoms. The van der Waals surface area contributed by atoms with Gasteiger partial charge in [0.15, 0.2) is 0 Å². The fourth-order valence-electron chi connectivity index (χ4n) is 4.89. The number of piperidine rings is 1. The largest absolute Gasteiger partial charge is 0.356 e. The van der Waals surface area contributed by atoms with E-state index in [1.54, 1.807) is 6.20 Å². The summed E-state index contributed by atoms with van der Waals surface area (Å²) in [4.78, 5) is 17.6. The number of aromatic nitrogens is 1. The van der Waals surface area contributed by atoms with Gasteiger partial charge < -0.3 is 5.32 Å². The van der Waals surface area contributed by atoms with E-state index in [1.165, 1.54) is 4.31 Å². The molecule has 1 aliphatic heterocycles. The molecule has 0 unspecified atom stereocenters. The maximum atomic E-state index is 13.3. The van der Waals surface area contributed by atoms with E-state index in [4.69, 9.17) is 0 Å². The van der Waals surface area contributed by atoms with Gasteiger partial charge in [0, 0.05) is 37.1 Å². The highest BCUT2D eigenvalue weighted by Gasteiger charge is 2.33. The van der Waals surface area contributed by atoms with E-state index in [1.807, 2.05) is 63.2 Å². The third kappa shape index (κ3) is 4.94. The Bertz CT molecular complexity index is 1250. The average Bonchev–Trinajstić information content (AvgIpc) is 2.78. The second kappa shape index (κ2) is 9.61. The predicted molar refractivity (Wildman–Crippen MR) is 131 cm³/mol. The fourth-order valence-corrected chi connectivity index (χ4v) is 6.78. The van der Waals surface area contributed by atoms with E-state index in [-0.39, 0.29) is 11.8 Å². The van der Waals surface area contributed by atoms with Gasteiger partial charge in [0.1, 0.15) is 0 Å². The summed E-state index contributed by atoms with van der Waals surface area (Å²) < 4.78 is 28.1. The lowest BCUT2D eigenvalue weighted by Crippen LogP contribution is -2.43. The molecule has 174 valence electrons. The molecule has 2 heterocycles. The number of para-hydroxylation sites is 1. The Morgan fingerprint density at radius 3 is 2.42 bits per heavy atom. The number of rotatable bonds is 6. The lowest BCUT2D eigenvalue weighted by molar-refractivity contribution is -0.126. The van der Waals surface area contributed by atoms with Crippen LogP contribution in [-0.4, -0.2) is 43.2 Å². The van der Waals surface area contributed by atoms with E-state index < -0.39 is 10.0 Å². The van der Waals surface area contributed by atoms with Crippen LogP contribution in [0.15, 0.2) is 53.6 Å². The smallest absolute Gasteiger partial charge is 0.243 e. The molecule has 4 rings (SSSR count). The Morgan fingerprint density at radius 2 is 1.73 bits per heavy atom. The third-order valence-corrected chi connectivity index (χ3v) is 8.64. The summed E-state index contributed by atoms with van der Waals surface area (Å²) >= 11 is 0. The van der Waals surface area contributed by atoms with Gasteiger partial charge in [-0.05, 0) is 62.8 Å². The van der Waals surface area contributed by atoms with Crippen LogP contribution in [0.25, 0.3) is 10.9 Å². The van der Waals surface area contributed by atoms with Crippen molar-refractivity contribution in [1.29, 1.82) is 0 Å². The number of aryl methyl sites for hydroxylation is 3. The molecule has 0 aliphatic carbocycles. The first-order valence-electron chi connectivity index (χ1n) is 11.5. The van der Waals surface area contributed by atoms with E-state index in [0.29, 0.717) is 43.8 Å². The van der Waals surface area contributed by atoms with Crippen LogP contribution in [0.4, 0.5) is 0 Å². The number of nitrogens with zero attached hydrogens (tertiary/aromatic N) is 2. The number of nitrogens with one attached hydrogen (secondary N) is 1. The highest BCUT2D eigenvalue weighted by atomic mass is 32.2. The minimum absolute atomic E-state index is 0.00272. The standard InChI is InChI=1S/C26H31N3O3S/c1-18-16-19(2)25(20(3)17-18)33(31,32)29-14-10-23(11-15-29)26(30)28-13-9-22-7-4-6-21-8-5-12-27-24(21)22/h4-8,12,16-17,23H,9-11,13-15H2,1-3H3,(H,28,30). The minimum atomic E-state index is -3.57. The highest BCUT2D eigenvalue weighted by Crippen LogP contribution is 2.29. The van der Waals surface area contributed by atoms with Crippen molar-refractivity contribution < 1.29 is 13.2 Å². The maximum Gasteiger partial charge on any atom is 0.243 e. The Kier molecular flexibility index (Phi) is 6.81. The summed E-state index contributed by atoms with van der Waals surface area (Å²) in [6, 6.07) is 13.9. The van der Waals surface area contributed by atoms with Crippen LogP contribution in [0.3, 0.4) is 0 Å². The van der Waals surface area contributed by atoms with Crippen molar-refractivity contribution in [1.82, 2.24) is 14.6 Å². The number of pyridine rings is 1. The van der Waals surface area contributed by atoms with E-state index in [9.17, 15) is 13.2 Å². The number of sulfonamides is 1. The molecule has 1 fully saturated rings. The SMILES string of the molecule is Cc1cc(C)c(S(=O)(=O)N2CCC(C(=O)NCCc3cccc4cccnc34)CC2)c(C)c1. The van der Waals surface area contributed by atoms with Crippen LogP contribution >= 0.6 is 0 Å². The molecule has 33 heavy (non-hydrogen) atoms. The number of amides is 1. The van der Waals surface area contributed by atoms with Crippen LogP contribution in [0, 0.1) is 26.7 Å². The van der Waals surface area contributed by atoms with Crippen molar-refractivity contribution in [3.05, 3.63) is 70.9 Å². The molecule has 1 aromatic heterocycles. The molecule has 0 saturated carbocycles. The van der Waals surface area contributed by atoms with Gasteiger partial charge in [-0.15, -0.1) is 0 Å². The average molecular weight is 466 g/mol. The monoisotopic (exact) mass is 465 g/mol. The van der Waals surface area contributed by atoms with Gasteiger partial charge in [-0.25, -0.2) is 8.42 Å². The minimum Gasteiger partial charge on any atom is -0.356 e. The van der Waals surface area contributed by atoms with E-state index >= 15 is 0 Å². The van der Waals surface area contributed by atoms with Crippen molar-refractivity contribution in [3.63, 3.8) is 0 Å². The van der Waals surface area contributed by atoms with Crippen LogP contribution in [-0.2, 0) is 21.2 Å². The first kappa shape index (κ1) is 23.4. The third-order valence-electron chi connectivity index (χ3n) is 6.44. The Balaban J connectivity index is 1.34. The molecule has 3 aromatic rings. The van der Waals surface area contributed by atoms with E-state index in [0.717, 1.165) is 33.2 Å². The molecule has 7 heteroatoms. The zero-order valence-electron chi connectivity index (χ0n) is 19.5. The lowest BCUT2D eigenvalue weighted by atomic mass is 9.97. The first-order valence-corrected chi connectivity index (χ1v) is 12.9. The van der Waals surface area contributed by atoms with Gasteiger partial charge in [-0.2, -0.15) is 4.31 Å². The predicted octanol–water partition coefficient (Wildman–Crippen LogP) is 3.92. The zero-order valence-corrected chi connectivity index (χ0v) is 20.3. The summed E-state index contributed by atoms with van der Waals surface area (Å²) in [6.45, 7) is 6.92. The lowest BCUT2D eigenvalue weighted by Gasteiger charge is -2.31. The highest BCUT2D eigenvalue weighted by molar-refractivity contribution is 7.89. The summed E-state index contributed by atoms with van der Waals surface area (Å²) in [7, 11) is -3.57. The molecule has 1 aliphatic rings. The van der Waals surface area contributed by atoms with Crippen molar-refractivity contribution in [2.45, 2.75) is 44.9 Å². The maximum absolute atomic E-state index is 13.3. The number of hydrogen-bond acceptors (Lipinski definition) is 4. The van der Waals surface area contributed by atoms with Gasteiger partial charge in [0.2, 0.25) is 15.9 Å². The van der Waals surface area contributed by atoms with Crippen molar-refractivity contribution in [2.75, 3.05) is 19.6 Å². The number of carbonyl (C=O) groups is 1. The van der Waals surface area contributed by atoms with Gasteiger partial charge in [-0.3, -0.25) is 9.78 Å². The number of carbonyl (C=O) groups excluding carboxylic acids is 1. The first-order chi connectivity index (χ1) is 15.8. The topological polar surface area (TPSA) is 79.4 Å². The molecule has 1 saturated heterocycles. The van der Waals surface area contributed by atoms with Gasteiger partial charge >= 0.3 is 0 Å². The van der Waals surface area contributed by atoms with Crippen LogP contribution < -0.4 is 5.32 Å². The van der Waals surface area contributed by atoms with Gasteiger partial charge in [0.25, 0.3) is 0 Å². The van der Waals surface area contributed by atoms with Gasteiger partial charge in [-0.1, -0.05) is 42.0 Å². The number of hydrogen-bond donors (Lipinski definition) is 1. The van der Waals surface area contributed by atoms with Crippen LogP contribution in [0.2, 0.25) is 0 Å². The zero-order chi connectivity index (χ0) is 23.6. The molecule has 1 N–H and O–H groups in total. The Hall–Kier alpha value is -2.77. The molecule has 0 bridgehead atoms. The van der Waals surface area contributed by atoms with Crippen molar-refractivity contribution in [2.24, 2.45) is 5.92 Å². The second-order valence-corrected chi connectivity index (χ2v) is 10.8. The van der Waals surface area contributed by atoms with Crippen LogP contribution in [0.5, 0.6) is 0 Å². The summed E-state index contributed by atoms with van der Waals surface area (Å²) in [5.41, 5.74) is 4.68. The van der Waals surface area contributed by atoms with Crippen molar-refractivity contribution in [3.8, 4) is 0 Å². The molecule has 0 radical (unpaired) electrons. The Morgan fingerprint density at radius 1 is 1.06 bits per heavy atom. The van der Waals surface area contributed by atoms with E-state index in [2.05, 4.69) is 10.3 Å². The molecule has 1 amide bonds. The summed E-state index contributed by atoms with van der Waals surface area (Å²) in [5.74, 6) is -0.162. The molecule has 0 atom stereocenters. The number of benzene rings is 2. The fraction of sp³-hybridized carbons (Fsp3) is 0.385. The second-order valence-electron chi connectivity index (χ2n) is 8.94. The van der Waals surface area contributed by atoms with Gasteiger partial charge in [0.05, 0.1) is 10.4 Å². The quantitative estimate of drug-likeness (QED) is 0.598. The summed E-state index contributed by atoms with van der Waals surface area (Å²) in [6.07, 6.45) is 3.56. The number of fused-ring (bicyclic) bond motifs is 1. The molecule has 2 aromatic carbocycles. The normalized spacial score (nSPS) is 15.6. The Labute approximate surface area is 196 Å².